The lowest BCUT2D eigenvalue weighted by molar-refractivity contribution is 0.0749. The molecule has 0 unspecified atom stereocenters. The van der Waals surface area contributed by atoms with Crippen molar-refractivity contribution in [3.8, 4) is 0 Å². The van der Waals surface area contributed by atoms with Gasteiger partial charge in [0.1, 0.15) is 0 Å². The zero-order chi connectivity index (χ0) is 30.6. The van der Waals surface area contributed by atoms with Crippen molar-refractivity contribution in [2.75, 3.05) is 50.2 Å². The van der Waals surface area contributed by atoms with Crippen molar-refractivity contribution in [2.45, 2.75) is 43.4 Å². The van der Waals surface area contributed by atoms with E-state index in [4.69, 9.17) is 8.89 Å². The summed E-state index contributed by atoms with van der Waals surface area (Å²) in [5.74, 6) is 4.41. The molecule has 3 aliphatic heterocycles. The number of fused-ring (bicyclic) bond motifs is 2. The van der Waals surface area contributed by atoms with Crippen LogP contribution in [0.25, 0.3) is 0 Å². The average Bonchev–Trinajstić information content (AvgIpc) is 3.32. The number of morpholine rings is 1. The second kappa shape index (κ2) is 10.8. The van der Waals surface area contributed by atoms with Gasteiger partial charge in [-0.15, -0.1) is 0 Å². The van der Waals surface area contributed by atoms with E-state index in [1.807, 2.05) is 6.07 Å². The number of para-hydroxylation sites is 2. The number of anilines is 2. The second-order valence-corrected chi connectivity index (χ2v) is 17.1. The minimum Gasteiger partial charge on any atom is -0.379 e. The molecule has 0 spiro atoms. The van der Waals surface area contributed by atoms with Crippen molar-refractivity contribution in [1.82, 2.24) is 4.67 Å². The Kier molecular flexibility index (Phi) is 7.49. The fraction of sp³-hybridized carbons (Fsp3) is 0.353. The van der Waals surface area contributed by atoms with Gasteiger partial charge in [0.2, 0.25) is 0 Å². The first-order valence-electron chi connectivity index (χ1n) is 14.8. The van der Waals surface area contributed by atoms with E-state index in [0.717, 1.165) is 22.8 Å². The summed E-state index contributed by atoms with van der Waals surface area (Å²) < 4.78 is 41.7. The normalized spacial score (nSPS) is 22.8. The van der Waals surface area contributed by atoms with E-state index in [9.17, 15) is 8.42 Å². The highest BCUT2D eigenvalue weighted by atomic mass is 32.2. The number of hydrogen-bond acceptors (Lipinski definition) is 5. The predicted molar refractivity (Wildman–Crippen MR) is 177 cm³/mol. The van der Waals surface area contributed by atoms with Crippen LogP contribution in [0.3, 0.4) is 0 Å². The molecule has 1 saturated heterocycles. The van der Waals surface area contributed by atoms with Crippen LogP contribution in [-0.4, -0.2) is 53.5 Å². The van der Waals surface area contributed by atoms with E-state index in [0.29, 0.717) is 26.3 Å². The van der Waals surface area contributed by atoms with Crippen LogP contribution in [0.1, 0.15) is 38.8 Å². The molecule has 0 aliphatic carbocycles. The molecular formula is C34H41N4O3PS. The summed E-state index contributed by atoms with van der Waals surface area (Å²) in [6.45, 7) is 11.1. The number of rotatable bonds is 5. The number of ether oxygens (including phenoxy) is 1. The van der Waals surface area contributed by atoms with E-state index < -0.39 is 17.2 Å². The maximum atomic E-state index is 14.3. The fourth-order valence-corrected chi connectivity index (χ4v) is 12.8. The Bertz CT molecular complexity index is 1690. The van der Waals surface area contributed by atoms with Gasteiger partial charge in [-0.2, -0.15) is 12.6 Å². The molecule has 1 fully saturated rings. The van der Waals surface area contributed by atoms with Crippen molar-refractivity contribution in [3.05, 3.63) is 113 Å². The zero-order valence-electron chi connectivity index (χ0n) is 25.9. The van der Waals surface area contributed by atoms with Crippen LogP contribution < -0.4 is 9.80 Å². The Hall–Kier alpha value is -3.16. The van der Waals surface area contributed by atoms with Gasteiger partial charge in [-0.25, -0.2) is 0 Å². The second-order valence-electron chi connectivity index (χ2n) is 12.6. The van der Waals surface area contributed by atoms with Crippen molar-refractivity contribution in [3.63, 3.8) is 0 Å². The Balaban J connectivity index is 1.69. The Labute approximate surface area is 256 Å². The molecule has 3 heterocycles. The van der Waals surface area contributed by atoms with E-state index in [-0.39, 0.29) is 15.7 Å². The summed E-state index contributed by atoms with van der Waals surface area (Å²) in [5.41, 5.74) is 6.08. The van der Waals surface area contributed by atoms with Gasteiger partial charge in [0.15, 0.2) is 0 Å². The molecule has 0 aromatic heterocycles. The number of likely N-dealkylation sites (N-methyl/N-ethyl adjacent to an activating group) is 2. The maximum absolute atomic E-state index is 14.3. The monoisotopic (exact) mass is 616 g/mol. The molecule has 7 nitrogen and oxygen atoms in total. The van der Waals surface area contributed by atoms with Gasteiger partial charge < -0.3 is 14.5 Å². The van der Waals surface area contributed by atoms with Crippen LogP contribution in [-0.2, 0) is 25.6 Å². The van der Waals surface area contributed by atoms with E-state index >= 15 is 0 Å². The first kappa shape index (κ1) is 29.9. The summed E-state index contributed by atoms with van der Waals surface area (Å²) in [4.78, 5) is 4.63. The van der Waals surface area contributed by atoms with Crippen molar-refractivity contribution >= 4 is 28.6 Å². The zero-order valence-corrected chi connectivity index (χ0v) is 27.6. The molecule has 3 aromatic rings. The van der Waals surface area contributed by atoms with E-state index in [1.54, 1.807) is 24.3 Å². The number of allylic oxidation sites excluding steroid dienone is 2. The standard InChI is InChI=1S/C34H41N4O3PS/c1-33(2)27-16-10-12-18-29(27)36(5)31(33)24-42(38-20-22-41-23-21-38,35-43(39,40)26-14-8-7-9-15-26)25-32-34(3,4)28-17-11-13-19-30(28)37(32)6/h7-19,24-25H,20-23H2,1-6H3. The van der Waals surface area contributed by atoms with E-state index in [1.165, 1.54) is 11.1 Å². The Morgan fingerprint density at radius 3 is 1.63 bits per heavy atom. The minimum absolute atomic E-state index is 0.203. The maximum Gasteiger partial charge on any atom is 0.282 e. The largest absolute Gasteiger partial charge is 0.379 e. The SMILES string of the molecule is CN1C(=CP(C=C2N(C)c3ccccc3C2(C)C)(=NS(=O)(=O)c2ccccc2)N2CCOCC2)C(C)(C)c2ccccc21. The van der Waals surface area contributed by atoms with Crippen molar-refractivity contribution in [2.24, 2.45) is 4.15 Å². The summed E-state index contributed by atoms with van der Waals surface area (Å²) >= 11 is 0. The smallest absolute Gasteiger partial charge is 0.282 e. The molecule has 43 heavy (non-hydrogen) atoms. The quantitative estimate of drug-likeness (QED) is 0.279. The average molecular weight is 617 g/mol. The first-order chi connectivity index (χ1) is 20.4. The molecule has 9 heteroatoms. The third-order valence-corrected chi connectivity index (χ3v) is 14.6. The van der Waals surface area contributed by atoms with Crippen LogP contribution in [0, 0.1) is 0 Å². The number of hydrogen-bond donors (Lipinski definition) is 0. The molecular weight excluding hydrogens is 575 g/mol. The van der Waals surface area contributed by atoms with Gasteiger partial charge in [0, 0.05) is 60.8 Å². The molecule has 0 saturated carbocycles. The predicted octanol–water partition coefficient (Wildman–Crippen LogP) is 7.36. The van der Waals surface area contributed by atoms with Gasteiger partial charge >= 0.3 is 0 Å². The lowest BCUT2D eigenvalue weighted by Crippen LogP contribution is -2.35. The van der Waals surface area contributed by atoms with Crippen LogP contribution in [0.5, 0.6) is 0 Å². The molecule has 226 valence electrons. The third-order valence-electron chi connectivity index (χ3n) is 9.23. The molecule has 3 aliphatic rings. The topological polar surface area (TPSA) is 65.5 Å². The van der Waals surface area contributed by atoms with Gasteiger partial charge in [-0.3, -0.25) is 4.67 Å². The summed E-state index contributed by atoms with van der Waals surface area (Å²) in [6.07, 6.45) is 0. The minimum atomic E-state index is -4.03. The number of nitrogens with zero attached hydrogens (tertiary/aromatic N) is 4. The van der Waals surface area contributed by atoms with Gasteiger partial charge in [-0.1, -0.05) is 82.3 Å². The highest BCUT2D eigenvalue weighted by Gasteiger charge is 2.44. The molecule has 0 atom stereocenters. The third kappa shape index (κ3) is 4.98. The molecule has 0 N–H and O–H groups in total. The van der Waals surface area contributed by atoms with Gasteiger partial charge in [-0.05, 0) is 47.0 Å². The summed E-state index contributed by atoms with van der Waals surface area (Å²) in [6, 6.07) is 25.5. The van der Waals surface area contributed by atoms with E-state index in [2.05, 4.69) is 116 Å². The molecule has 0 radical (unpaired) electrons. The molecule has 3 aromatic carbocycles. The first-order valence-corrected chi connectivity index (χ1v) is 18.1. The number of sulfonamides is 1. The van der Waals surface area contributed by atoms with Crippen molar-refractivity contribution in [1.29, 1.82) is 0 Å². The van der Waals surface area contributed by atoms with Gasteiger partial charge in [0.25, 0.3) is 10.0 Å². The van der Waals surface area contributed by atoms with Gasteiger partial charge in [0.05, 0.1) is 25.3 Å². The highest BCUT2D eigenvalue weighted by Crippen LogP contribution is 2.64. The Morgan fingerprint density at radius 2 is 1.16 bits per heavy atom. The fourth-order valence-electron chi connectivity index (χ4n) is 6.80. The van der Waals surface area contributed by atoms with Crippen molar-refractivity contribution < 1.29 is 13.2 Å². The summed E-state index contributed by atoms with van der Waals surface area (Å²) in [7, 11) is -2.94. The summed E-state index contributed by atoms with van der Waals surface area (Å²) in [5, 5.41) is 0. The lowest BCUT2D eigenvalue weighted by atomic mass is 9.84. The van der Waals surface area contributed by atoms with Crippen LogP contribution in [0.2, 0.25) is 0 Å². The molecule has 6 rings (SSSR count). The van der Waals surface area contributed by atoms with Crippen LogP contribution in [0.4, 0.5) is 11.4 Å². The molecule has 0 amide bonds. The Morgan fingerprint density at radius 1 is 0.721 bits per heavy atom. The highest BCUT2D eigenvalue weighted by molar-refractivity contribution is 7.95. The lowest BCUT2D eigenvalue weighted by Gasteiger charge is -2.38. The number of benzene rings is 3. The van der Waals surface area contributed by atoms with Crippen LogP contribution in [0.15, 0.2) is 111 Å². The molecule has 0 bridgehead atoms. The van der Waals surface area contributed by atoms with Crippen LogP contribution >= 0.6 is 7.21 Å².